The first-order valence-corrected chi connectivity index (χ1v) is 5.97. The lowest BCUT2D eigenvalue weighted by Gasteiger charge is -2.04. The maximum Gasteiger partial charge on any atom is 0.260 e. The Kier molecular flexibility index (Phi) is 5.91. The van der Waals surface area contributed by atoms with Crippen LogP contribution in [0, 0.1) is 5.82 Å². The van der Waals surface area contributed by atoms with Gasteiger partial charge in [0.1, 0.15) is 11.6 Å². The molecule has 0 spiro atoms. The molecule has 1 atom stereocenters. The predicted octanol–water partition coefficient (Wildman–Crippen LogP) is 2.46. The van der Waals surface area contributed by atoms with E-state index in [1.165, 1.54) is 13.2 Å². The van der Waals surface area contributed by atoms with E-state index >= 15 is 0 Å². The van der Waals surface area contributed by atoms with Crippen LogP contribution in [0.1, 0.15) is 12.7 Å². The van der Waals surface area contributed by atoms with Crippen LogP contribution in [0.2, 0.25) is 0 Å². The molecule has 0 fully saturated rings. The molecule has 0 bridgehead atoms. The van der Waals surface area contributed by atoms with E-state index < -0.39 is 5.82 Å². The summed E-state index contributed by atoms with van der Waals surface area (Å²) in [6, 6.07) is 4.73. The minimum atomic E-state index is -0.448. The quantitative estimate of drug-likeness (QED) is 0.919. The van der Waals surface area contributed by atoms with Crippen LogP contribution in [-0.2, 0) is 6.42 Å². The SMILES string of the molecule is CNC(C)Cc1noc(-c2ccc(OC)cc2F)n1.Cl. The van der Waals surface area contributed by atoms with E-state index in [1.807, 2.05) is 14.0 Å². The minimum absolute atomic E-state index is 0. The molecule has 20 heavy (non-hydrogen) atoms. The standard InChI is InChI=1S/C13H16FN3O2.ClH/c1-8(15-2)6-12-16-13(19-17-12)10-5-4-9(18-3)7-11(10)14;/h4-5,7-8,15H,6H2,1-3H3;1H. The van der Waals surface area contributed by atoms with Gasteiger partial charge in [-0.1, -0.05) is 5.16 Å². The highest BCUT2D eigenvalue weighted by Gasteiger charge is 2.15. The molecule has 1 aromatic heterocycles. The number of rotatable bonds is 5. The van der Waals surface area contributed by atoms with E-state index in [4.69, 9.17) is 9.26 Å². The Morgan fingerprint density at radius 1 is 1.45 bits per heavy atom. The Hall–Kier alpha value is -1.66. The number of hydrogen-bond donors (Lipinski definition) is 1. The van der Waals surface area contributed by atoms with Gasteiger partial charge in [0.2, 0.25) is 0 Å². The van der Waals surface area contributed by atoms with E-state index in [1.54, 1.807) is 12.1 Å². The molecule has 0 aliphatic carbocycles. The zero-order valence-electron chi connectivity index (χ0n) is 11.5. The van der Waals surface area contributed by atoms with Gasteiger partial charge in [0.25, 0.3) is 5.89 Å². The van der Waals surface area contributed by atoms with Crippen molar-refractivity contribution in [2.45, 2.75) is 19.4 Å². The van der Waals surface area contributed by atoms with Crippen molar-refractivity contribution in [3.63, 3.8) is 0 Å². The second-order valence-electron chi connectivity index (χ2n) is 4.26. The highest BCUT2D eigenvalue weighted by Crippen LogP contribution is 2.24. The van der Waals surface area contributed by atoms with Crippen LogP contribution < -0.4 is 10.1 Å². The molecule has 110 valence electrons. The molecule has 0 radical (unpaired) electrons. The first kappa shape index (κ1) is 16.4. The molecule has 1 N–H and O–H groups in total. The summed E-state index contributed by atoms with van der Waals surface area (Å²) in [6.45, 7) is 2.00. The number of benzene rings is 1. The van der Waals surface area contributed by atoms with E-state index in [0.717, 1.165) is 0 Å². The topological polar surface area (TPSA) is 60.2 Å². The van der Waals surface area contributed by atoms with Crippen LogP contribution in [0.4, 0.5) is 4.39 Å². The maximum atomic E-state index is 13.8. The molecule has 0 aliphatic rings. The molecular formula is C13H17ClFN3O2. The summed E-state index contributed by atoms with van der Waals surface area (Å²) in [7, 11) is 3.34. The number of hydrogen-bond acceptors (Lipinski definition) is 5. The van der Waals surface area contributed by atoms with Crippen molar-refractivity contribution in [2.24, 2.45) is 0 Å². The lowest BCUT2D eigenvalue weighted by molar-refractivity contribution is 0.408. The van der Waals surface area contributed by atoms with Gasteiger partial charge in [-0.3, -0.25) is 0 Å². The molecule has 1 heterocycles. The van der Waals surface area contributed by atoms with Crippen molar-refractivity contribution in [3.8, 4) is 17.2 Å². The second kappa shape index (κ2) is 7.21. The number of aromatic nitrogens is 2. The summed E-state index contributed by atoms with van der Waals surface area (Å²) in [5.41, 5.74) is 0.275. The van der Waals surface area contributed by atoms with Crippen molar-refractivity contribution >= 4 is 12.4 Å². The number of ether oxygens (including phenoxy) is 1. The third-order valence-corrected chi connectivity index (χ3v) is 2.86. The maximum absolute atomic E-state index is 13.8. The van der Waals surface area contributed by atoms with Gasteiger partial charge in [-0.25, -0.2) is 4.39 Å². The largest absolute Gasteiger partial charge is 0.497 e. The summed E-state index contributed by atoms with van der Waals surface area (Å²) in [5, 5.41) is 6.92. The first-order valence-electron chi connectivity index (χ1n) is 5.97. The van der Waals surface area contributed by atoms with Gasteiger partial charge >= 0.3 is 0 Å². The minimum Gasteiger partial charge on any atom is -0.497 e. The highest BCUT2D eigenvalue weighted by molar-refractivity contribution is 5.85. The second-order valence-corrected chi connectivity index (χ2v) is 4.26. The van der Waals surface area contributed by atoms with E-state index in [9.17, 15) is 4.39 Å². The Bertz CT molecular complexity index is 562. The number of halogens is 2. The smallest absolute Gasteiger partial charge is 0.260 e. The van der Waals surface area contributed by atoms with Crippen molar-refractivity contribution in [3.05, 3.63) is 29.8 Å². The van der Waals surface area contributed by atoms with Gasteiger partial charge in [0.05, 0.1) is 12.7 Å². The Labute approximate surface area is 122 Å². The number of methoxy groups -OCH3 is 1. The Balaban J connectivity index is 0.00000200. The van der Waals surface area contributed by atoms with Crippen LogP contribution in [0.3, 0.4) is 0 Å². The average molecular weight is 302 g/mol. The van der Waals surface area contributed by atoms with Crippen molar-refractivity contribution in [1.82, 2.24) is 15.5 Å². The zero-order chi connectivity index (χ0) is 13.8. The molecule has 1 unspecified atom stereocenters. The summed E-state index contributed by atoms with van der Waals surface area (Å²) in [5.74, 6) is 0.728. The first-order chi connectivity index (χ1) is 9.13. The average Bonchev–Trinajstić information content (AvgIpc) is 2.86. The zero-order valence-corrected chi connectivity index (χ0v) is 12.3. The Morgan fingerprint density at radius 3 is 2.80 bits per heavy atom. The number of likely N-dealkylation sites (N-methyl/N-ethyl adjacent to an activating group) is 1. The van der Waals surface area contributed by atoms with Gasteiger partial charge in [-0.2, -0.15) is 4.98 Å². The van der Waals surface area contributed by atoms with Crippen LogP contribution in [0.15, 0.2) is 22.7 Å². The highest BCUT2D eigenvalue weighted by atomic mass is 35.5. The molecule has 5 nitrogen and oxygen atoms in total. The number of nitrogens with zero attached hydrogens (tertiary/aromatic N) is 2. The summed E-state index contributed by atoms with van der Waals surface area (Å²) in [6.07, 6.45) is 0.623. The fraction of sp³-hybridized carbons (Fsp3) is 0.385. The van der Waals surface area contributed by atoms with Gasteiger partial charge in [0, 0.05) is 18.5 Å². The summed E-state index contributed by atoms with van der Waals surface area (Å²) >= 11 is 0. The predicted molar refractivity (Wildman–Crippen MR) is 75.7 cm³/mol. The molecule has 2 aromatic rings. The monoisotopic (exact) mass is 301 g/mol. The normalized spacial score (nSPS) is 11.8. The number of nitrogens with one attached hydrogen (secondary N) is 1. The van der Waals surface area contributed by atoms with E-state index in [-0.39, 0.29) is 29.9 Å². The third kappa shape index (κ3) is 3.68. The lowest BCUT2D eigenvalue weighted by Crippen LogP contribution is -2.24. The molecule has 0 amide bonds. The fourth-order valence-corrected chi connectivity index (χ4v) is 1.62. The molecule has 7 heteroatoms. The van der Waals surface area contributed by atoms with Crippen molar-refractivity contribution in [2.75, 3.05) is 14.2 Å². The van der Waals surface area contributed by atoms with Gasteiger partial charge in [0.15, 0.2) is 5.82 Å². The van der Waals surface area contributed by atoms with Gasteiger partial charge in [-0.15, -0.1) is 12.4 Å². The summed E-state index contributed by atoms with van der Waals surface area (Å²) < 4.78 is 23.9. The molecule has 2 rings (SSSR count). The van der Waals surface area contributed by atoms with Crippen molar-refractivity contribution in [1.29, 1.82) is 0 Å². The lowest BCUT2D eigenvalue weighted by atomic mass is 10.2. The molecule has 0 aliphatic heterocycles. The third-order valence-electron chi connectivity index (χ3n) is 2.86. The van der Waals surface area contributed by atoms with E-state index in [0.29, 0.717) is 18.0 Å². The van der Waals surface area contributed by atoms with Crippen molar-refractivity contribution < 1.29 is 13.7 Å². The van der Waals surface area contributed by atoms with Crippen LogP contribution in [0.25, 0.3) is 11.5 Å². The van der Waals surface area contributed by atoms with Crippen LogP contribution in [0.5, 0.6) is 5.75 Å². The van der Waals surface area contributed by atoms with Crippen LogP contribution in [-0.4, -0.2) is 30.3 Å². The van der Waals surface area contributed by atoms with Crippen LogP contribution >= 0.6 is 12.4 Å². The fourth-order valence-electron chi connectivity index (χ4n) is 1.62. The van der Waals surface area contributed by atoms with Gasteiger partial charge < -0.3 is 14.6 Å². The Morgan fingerprint density at radius 2 is 2.20 bits per heavy atom. The molecule has 1 aromatic carbocycles. The van der Waals surface area contributed by atoms with Gasteiger partial charge in [-0.05, 0) is 26.1 Å². The molecule has 0 saturated carbocycles. The molecule has 0 saturated heterocycles. The summed E-state index contributed by atoms with van der Waals surface area (Å²) in [4.78, 5) is 4.19. The van der Waals surface area contributed by atoms with E-state index in [2.05, 4.69) is 15.5 Å². The molecular weight excluding hydrogens is 285 g/mol.